The van der Waals surface area contributed by atoms with Gasteiger partial charge in [-0.05, 0) is 30.5 Å². The van der Waals surface area contributed by atoms with Crippen molar-refractivity contribution in [3.8, 4) is 0 Å². The summed E-state index contributed by atoms with van der Waals surface area (Å²) in [5.41, 5.74) is 6.40. The molecule has 128 valence electrons. The first-order valence-corrected chi connectivity index (χ1v) is 8.53. The topological polar surface area (TPSA) is 144 Å². The van der Waals surface area contributed by atoms with Crippen molar-refractivity contribution in [2.75, 3.05) is 11.9 Å². The molecule has 0 bridgehead atoms. The second-order valence-electron chi connectivity index (χ2n) is 5.56. The summed E-state index contributed by atoms with van der Waals surface area (Å²) in [5, 5.41) is 10.0. The Kier molecular flexibility index (Phi) is 6.25. The molecule has 2 amide bonds. The minimum absolute atomic E-state index is 0.0486. The number of hydrogen-bond acceptors (Lipinski definition) is 5. The highest BCUT2D eigenvalue weighted by molar-refractivity contribution is 7.89. The SMILES string of the molecule is Cc1ccc(NC(=O)CNC(=O)[C@@H](N)C(C)C)cc1S(N)(=O)=O. The molecule has 0 saturated carbocycles. The monoisotopic (exact) mass is 342 g/mol. The highest BCUT2D eigenvalue weighted by Gasteiger charge is 2.18. The Labute approximate surface area is 135 Å². The maximum absolute atomic E-state index is 11.8. The summed E-state index contributed by atoms with van der Waals surface area (Å²) in [6.45, 7) is 4.92. The number of hydrogen-bond donors (Lipinski definition) is 4. The van der Waals surface area contributed by atoms with Crippen LogP contribution in [-0.2, 0) is 19.6 Å². The van der Waals surface area contributed by atoms with Crippen molar-refractivity contribution in [2.24, 2.45) is 16.8 Å². The van der Waals surface area contributed by atoms with Crippen LogP contribution in [0.1, 0.15) is 19.4 Å². The Hall–Kier alpha value is -1.97. The Morgan fingerprint density at radius 1 is 1.26 bits per heavy atom. The zero-order chi connectivity index (χ0) is 17.8. The van der Waals surface area contributed by atoms with E-state index in [4.69, 9.17) is 10.9 Å². The number of carbonyl (C=O) groups is 2. The first kappa shape index (κ1) is 19.1. The smallest absolute Gasteiger partial charge is 0.243 e. The lowest BCUT2D eigenvalue weighted by molar-refractivity contribution is -0.125. The van der Waals surface area contributed by atoms with E-state index in [1.807, 2.05) is 0 Å². The van der Waals surface area contributed by atoms with Crippen LogP contribution in [0.4, 0.5) is 5.69 Å². The van der Waals surface area contributed by atoms with Crippen molar-refractivity contribution < 1.29 is 18.0 Å². The van der Waals surface area contributed by atoms with Gasteiger partial charge in [0.2, 0.25) is 21.8 Å². The van der Waals surface area contributed by atoms with Crippen LogP contribution >= 0.6 is 0 Å². The molecule has 0 aliphatic heterocycles. The van der Waals surface area contributed by atoms with Gasteiger partial charge in [-0.3, -0.25) is 9.59 Å². The molecule has 0 aromatic heterocycles. The van der Waals surface area contributed by atoms with Gasteiger partial charge < -0.3 is 16.4 Å². The van der Waals surface area contributed by atoms with Crippen molar-refractivity contribution in [3.63, 3.8) is 0 Å². The van der Waals surface area contributed by atoms with Crippen LogP contribution in [0.3, 0.4) is 0 Å². The zero-order valence-corrected chi connectivity index (χ0v) is 14.1. The van der Waals surface area contributed by atoms with E-state index >= 15 is 0 Å². The standard InChI is InChI=1S/C14H22N4O4S/c1-8(2)13(15)14(20)17-7-12(19)18-10-5-4-9(3)11(6-10)23(16,21)22/h4-6,8,13H,7,15H2,1-3H3,(H,17,20)(H,18,19)(H2,16,21,22)/t13-/m0/s1. The van der Waals surface area contributed by atoms with E-state index in [2.05, 4.69) is 10.6 Å². The molecular weight excluding hydrogens is 320 g/mol. The quantitative estimate of drug-likeness (QED) is 0.560. The van der Waals surface area contributed by atoms with Gasteiger partial charge in [0.1, 0.15) is 0 Å². The molecule has 0 saturated heterocycles. The molecule has 1 aromatic rings. The van der Waals surface area contributed by atoms with Crippen LogP contribution in [0.25, 0.3) is 0 Å². The van der Waals surface area contributed by atoms with Crippen LogP contribution < -0.4 is 21.5 Å². The molecule has 0 aliphatic carbocycles. The number of benzene rings is 1. The summed E-state index contributed by atoms with van der Waals surface area (Å²) in [6.07, 6.45) is 0. The first-order chi connectivity index (χ1) is 10.5. The summed E-state index contributed by atoms with van der Waals surface area (Å²) >= 11 is 0. The van der Waals surface area contributed by atoms with Gasteiger partial charge in [0.25, 0.3) is 0 Å². The average Bonchev–Trinajstić information content (AvgIpc) is 2.44. The minimum Gasteiger partial charge on any atom is -0.346 e. The van der Waals surface area contributed by atoms with Gasteiger partial charge in [0, 0.05) is 5.69 Å². The largest absolute Gasteiger partial charge is 0.346 e. The molecule has 9 heteroatoms. The maximum atomic E-state index is 11.8. The molecule has 0 aliphatic rings. The molecule has 0 fully saturated rings. The number of sulfonamides is 1. The maximum Gasteiger partial charge on any atom is 0.243 e. The van der Waals surface area contributed by atoms with E-state index in [9.17, 15) is 18.0 Å². The number of primary sulfonamides is 1. The summed E-state index contributed by atoms with van der Waals surface area (Å²) in [4.78, 5) is 23.4. The lowest BCUT2D eigenvalue weighted by atomic mass is 10.1. The van der Waals surface area contributed by atoms with Gasteiger partial charge in [0.05, 0.1) is 17.5 Å². The van der Waals surface area contributed by atoms with Gasteiger partial charge >= 0.3 is 0 Å². The number of carbonyl (C=O) groups excluding carboxylic acids is 2. The fraction of sp³-hybridized carbons (Fsp3) is 0.429. The van der Waals surface area contributed by atoms with E-state index < -0.39 is 27.9 Å². The third-order valence-corrected chi connectivity index (χ3v) is 4.28. The van der Waals surface area contributed by atoms with E-state index in [0.29, 0.717) is 5.56 Å². The van der Waals surface area contributed by atoms with Crippen LogP contribution in [0, 0.1) is 12.8 Å². The van der Waals surface area contributed by atoms with Crippen molar-refractivity contribution >= 4 is 27.5 Å². The van der Waals surface area contributed by atoms with E-state index in [1.54, 1.807) is 26.8 Å². The Morgan fingerprint density at radius 3 is 2.39 bits per heavy atom. The number of anilines is 1. The first-order valence-electron chi connectivity index (χ1n) is 6.99. The normalized spacial score (nSPS) is 12.8. The van der Waals surface area contributed by atoms with Crippen LogP contribution in [0.5, 0.6) is 0 Å². The molecule has 1 rings (SSSR count). The molecule has 23 heavy (non-hydrogen) atoms. The van der Waals surface area contributed by atoms with Crippen LogP contribution in [0.2, 0.25) is 0 Å². The molecule has 1 atom stereocenters. The minimum atomic E-state index is -3.88. The number of rotatable bonds is 6. The molecule has 0 unspecified atom stereocenters. The van der Waals surface area contributed by atoms with Crippen molar-refractivity contribution in [1.82, 2.24) is 5.32 Å². The van der Waals surface area contributed by atoms with Gasteiger partial charge in [-0.25, -0.2) is 13.6 Å². The molecule has 8 nitrogen and oxygen atoms in total. The van der Waals surface area contributed by atoms with E-state index in [0.717, 1.165) is 0 Å². The highest BCUT2D eigenvalue weighted by atomic mass is 32.2. The third-order valence-electron chi connectivity index (χ3n) is 3.22. The van der Waals surface area contributed by atoms with Gasteiger partial charge in [-0.1, -0.05) is 19.9 Å². The lowest BCUT2D eigenvalue weighted by Crippen LogP contribution is -2.46. The Morgan fingerprint density at radius 2 is 1.87 bits per heavy atom. The van der Waals surface area contributed by atoms with E-state index in [-0.39, 0.29) is 23.0 Å². The predicted octanol–water partition coefficient (Wildman–Crippen LogP) is -0.320. The van der Waals surface area contributed by atoms with Crippen LogP contribution in [0.15, 0.2) is 23.1 Å². The predicted molar refractivity (Wildman–Crippen MR) is 87.0 cm³/mol. The third kappa shape index (κ3) is 5.62. The van der Waals surface area contributed by atoms with Crippen LogP contribution in [-0.4, -0.2) is 32.8 Å². The second-order valence-corrected chi connectivity index (χ2v) is 7.09. The fourth-order valence-corrected chi connectivity index (χ4v) is 2.59. The number of nitrogens with two attached hydrogens (primary N) is 2. The summed E-state index contributed by atoms with van der Waals surface area (Å²) < 4.78 is 22.9. The number of amides is 2. The molecule has 1 aromatic carbocycles. The van der Waals surface area contributed by atoms with Crippen molar-refractivity contribution in [2.45, 2.75) is 31.7 Å². The molecule has 6 N–H and O–H groups in total. The fourth-order valence-electron chi connectivity index (χ4n) is 1.78. The van der Waals surface area contributed by atoms with Crippen molar-refractivity contribution in [3.05, 3.63) is 23.8 Å². The van der Waals surface area contributed by atoms with Gasteiger partial charge in [0.15, 0.2) is 0 Å². The second kappa shape index (κ2) is 7.53. The number of nitrogens with one attached hydrogen (secondary N) is 2. The summed E-state index contributed by atoms with van der Waals surface area (Å²) in [7, 11) is -3.88. The average molecular weight is 342 g/mol. The van der Waals surface area contributed by atoms with Gasteiger partial charge in [-0.2, -0.15) is 0 Å². The Bertz CT molecular complexity index is 701. The molecule has 0 heterocycles. The van der Waals surface area contributed by atoms with E-state index in [1.165, 1.54) is 12.1 Å². The van der Waals surface area contributed by atoms with Gasteiger partial charge in [-0.15, -0.1) is 0 Å². The van der Waals surface area contributed by atoms with Crippen molar-refractivity contribution in [1.29, 1.82) is 0 Å². The highest BCUT2D eigenvalue weighted by Crippen LogP contribution is 2.18. The zero-order valence-electron chi connectivity index (χ0n) is 13.3. The summed E-state index contributed by atoms with van der Waals surface area (Å²) in [6, 6.07) is 3.65. The number of aryl methyl sites for hydroxylation is 1. The summed E-state index contributed by atoms with van der Waals surface area (Å²) in [5.74, 6) is -0.977. The molecule has 0 radical (unpaired) electrons. The lowest BCUT2D eigenvalue weighted by Gasteiger charge is -2.15. The Balaban J connectivity index is 2.71. The molecular formula is C14H22N4O4S. The molecule has 0 spiro atoms.